The highest BCUT2D eigenvalue weighted by atomic mass is 16.4. The van der Waals surface area contributed by atoms with Crippen molar-refractivity contribution >= 4 is 23.5 Å². The van der Waals surface area contributed by atoms with Crippen LogP contribution >= 0.6 is 0 Å². The van der Waals surface area contributed by atoms with E-state index >= 15 is 0 Å². The Morgan fingerprint density at radius 2 is 1.50 bits per heavy atom. The molecule has 0 bridgehead atoms. The number of amides is 1. The molecule has 0 aliphatic heterocycles. The predicted octanol–water partition coefficient (Wildman–Crippen LogP) is 2.26. The Balaban J connectivity index is 2.07. The second kappa shape index (κ2) is 6.53. The van der Waals surface area contributed by atoms with Crippen molar-refractivity contribution in [2.45, 2.75) is 6.42 Å². The highest BCUT2D eigenvalue weighted by Gasteiger charge is 2.12. The first-order valence-corrected chi connectivity index (χ1v) is 6.42. The molecule has 0 aliphatic rings. The lowest BCUT2D eigenvalue weighted by Crippen LogP contribution is -2.16. The first-order chi connectivity index (χ1) is 10.5. The van der Waals surface area contributed by atoms with Gasteiger partial charge < -0.3 is 15.5 Å². The largest absolute Gasteiger partial charge is 0.478 e. The van der Waals surface area contributed by atoms with E-state index in [-0.39, 0.29) is 23.5 Å². The molecule has 0 radical (unpaired) electrons. The van der Waals surface area contributed by atoms with Crippen LogP contribution in [0.25, 0.3) is 0 Å². The van der Waals surface area contributed by atoms with Gasteiger partial charge in [-0.2, -0.15) is 0 Å². The molecule has 2 aromatic rings. The summed E-state index contributed by atoms with van der Waals surface area (Å²) in [5.74, 6) is -2.51. The van der Waals surface area contributed by atoms with Crippen LogP contribution in [-0.2, 0) is 11.2 Å². The molecule has 0 unspecified atom stereocenters. The van der Waals surface area contributed by atoms with Gasteiger partial charge in [-0.1, -0.05) is 18.2 Å². The van der Waals surface area contributed by atoms with Crippen molar-refractivity contribution in [1.29, 1.82) is 0 Å². The summed E-state index contributed by atoms with van der Waals surface area (Å²) in [7, 11) is 0. The summed E-state index contributed by atoms with van der Waals surface area (Å²) in [6.45, 7) is 0. The molecule has 0 saturated carbocycles. The molecular formula is C16H13NO5. The molecule has 0 atom stereocenters. The summed E-state index contributed by atoms with van der Waals surface area (Å²) in [6, 6.07) is 12.0. The maximum absolute atomic E-state index is 12.0. The van der Waals surface area contributed by atoms with Gasteiger partial charge in [-0.25, -0.2) is 9.59 Å². The zero-order chi connectivity index (χ0) is 16.1. The molecule has 0 heterocycles. The first-order valence-electron chi connectivity index (χ1n) is 6.42. The van der Waals surface area contributed by atoms with Crippen LogP contribution in [0.15, 0.2) is 48.5 Å². The van der Waals surface area contributed by atoms with Crippen molar-refractivity contribution < 1.29 is 24.6 Å². The first kappa shape index (κ1) is 15.2. The molecule has 3 N–H and O–H groups in total. The minimum Gasteiger partial charge on any atom is -0.478 e. The van der Waals surface area contributed by atoms with Gasteiger partial charge in [-0.05, 0) is 35.9 Å². The van der Waals surface area contributed by atoms with Crippen LogP contribution in [0.4, 0.5) is 5.69 Å². The SMILES string of the molecule is O=C(Cc1ccccc1C(=O)O)Nc1ccc(C(=O)O)cc1. The molecule has 0 aromatic heterocycles. The van der Waals surface area contributed by atoms with Gasteiger partial charge in [0.15, 0.2) is 0 Å². The van der Waals surface area contributed by atoms with Gasteiger partial charge in [0, 0.05) is 5.69 Å². The average molecular weight is 299 g/mol. The van der Waals surface area contributed by atoms with Gasteiger partial charge in [-0.15, -0.1) is 0 Å². The van der Waals surface area contributed by atoms with Crippen LogP contribution in [0.2, 0.25) is 0 Å². The average Bonchev–Trinajstić information content (AvgIpc) is 2.48. The monoisotopic (exact) mass is 299 g/mol. The summed E-state index contributed by atoms with van der Waals surface area (Å²) >= 11 is 0. The Hall–Kier alpha value is -3.15. The minimum atomic E-state index is -1.09. The zero-order valence-corrected chi connectivity index (χ0v) is 11.4. The molecule has 22 heavy (non-hydrogen) atoms. The van der Waals surface area contributed by atoms with E-state index in [4.69, 9.17) is 10.2 Å². The Kier molecular flexibility index (Phi) is 4.53. The van der Waals surface area contributed by atoms with Crippen LogP contribution in [0.1, 0.15) is 26.3 Å². The maximum Gasteiger partial charge on any atom is 0.335 e. The Bertz CT molecular complexity index is 722. The molecule has 0 spiro atoms. The fourth-order valence-electron chi connectivity index (χ4n) is 1.96. The Morgan fingerprint density at radius 3 is 2.09 bits per heavy atom. The van der Waals surface area contributed by atoms with E-state index < -0.39 is 11.9 Å². The van der Waals surface area contributed by atoms with Gasteiger partial charge in [0.2, 0.25) is 5.91 Å². The number of hydrogen-bond donors (Lipinski definition) is 3. The molecular weight excluding hydrogens is 286 g/mol. The van der Waals surface area contributed by atoms with Gasteiger partial charge in [0.25, 0.3) is 0 Å². The van der Waals surface area contributed by atoms with Crippen molar-refractivity contribution in [3.05, 3.63) is 65.2 Å². The summed E-state index contributed by atoms with van der Waals surface area (Å²) in [6.07, 6.45) is -0.0802. The van der Waals surface area contributed by atoms with E-state index in [1.165, 1.54) is 30.3 Å². The third-order valence-corrected chi connectivity index (χ3v) is 3.01. The van der Waals surface area contributed by atoms with E-state index in [1.54, 1.807) is 18.2 Å². The standard InChI is InChI=1S/C16H13NO5/c18-14(9-11-3-1-2-4-13(11)16(21)22)17-12-7-5-10(6-8-12)15(19)20/h1-8H,9H2,(H,17,18)(H,19,20)(H,21,22). The molecule has 2 rings (SSSR count). The summed E-state index contributed by atoms with van der Waals surface area (Å²) in [4.78, 5) is 33.8. The number of carboxylic acids is 2. The van der Waals surface area contributed by atoms with E-state index in [1.807, 2.05) is 0 Å². The van der Waals surface area contributed by atoms with Crippen molar-refractivity contribution in [1.82, 2.24) is 0 Å². The topological polar surface area (TPSA) is 104 Å². The van der Waals surface area contributed by atoms with E-state index in [0.717, 1.165) is 0 Å². The lowest BCUT2D eigenvalue weighted by atomic mass is 10.0. The second-order valence-corrected chi connectivity index (χ2v) is 4.57. The number of carboxylic acid groups (broad SMARTS) is 2. The molecule has 1 amide bonds. The van der Waals surface area contributed by atoms with Crippen molar-refractivity contribution in [2.75, 3.05) is 5.32 Å². The molecule has 112 valence electrons. The number of aromatic carboxylic acids is 2. The lowest BCUT2D eigenvalue weighted by Gasteiger charge is -2.07. The molecule has 0 aliphatic carbocycles. The smallest absolute Gasteiger partial charge is 0.335 e. The fourth-order valence-corrected chi connectivity index (χ4v) is 1.96. The number of rotatable bonds is 5. The number of anilines is 1. The summed E-state index contributed by atoms with van der Waals surface area (Å²) in [5.41, 5.74) is 1.06. The minimum absolute atomic E-state index is 0.0802. The second-order valence-electron chi connectivity index (χ2n) is 4.57. The zero-order valence-electron chi connectivity index (χ0n) is 11.4. The van der Waals surface area contributed by atoms with E-state index in [2.05, 4.69) is 5.32 Å². The van der Waals surface area contributed by atoms with Gasteiger partial charge in [-0.3, -0.25) is 4.79 Å². The normalized spacial score (nSPS) is 10.0. The summed E-state index contributed by atoms with van der Waals surface area (Å²) < 4.78 is 0. The van der Waals surface area contributed by atoms with Gasteiger partial charge in [0.05, 0.1) is 17.5 Å². The van der Waals surface area contributed by atoms with E-state index in [9.17, 15) is 14.4 Å². The van der Waals surface area contributed by atoms with Crippen LogP contribution in [0, 0.1) is 0 Å². The fraction of sp³-hybridized carbons (Fsp3) is 0.0625. The molecule has 6 heteroatoms. The third kappa shape index (κ3) is 3.69. The van der Waals surface area contributed by atoms with Crippen LogP contribution in [-0.4, -0.2) is 28.1 Å². The number of hydrogen-bond acceptors (Lipinski definition) is 3. The van der Waals surface area contributed by atoms with E-state index in [0.29, 0.717) is 11.3 Å². The number of benzene rings is 2. The maximum atomic E-state index is 12.0. The van der Waals surface area contributed by atoms with Crippen LogP contribution in [0.5, 0.6) is 0 Å². The third-order valence-electron chi connectivity index (χ3n) is 3.01. The van der Waals surface area contributed by atoms with Crippen molar-refractivity contribution in [3.63, 3.8) is 0 Å². The predicted molar refractivity (Wildman–Crippen MR) is 79.1 cm³/mol. The quantitative estimate of drug-likeness (QED) is 0.785. The van der Waals surface area contributed by atoms with Crippen LogP contribution < -0.4 is 5.32 Å². The lowest BCUT2D eigenvalue weighted by molar-refractivity contribution is -0.115. The van der Waals surface area contributed by atoms with Gasteiger partial charge in [0.1, 0.15) is 0 Å². The molecule has 6 nitrogen and oxygen atoms in total. The number of carbonyl (C=O) groups excluding carboxylic acids is 1. The Morgan fingerprint density at radius 1 is 0.864 bits per heavy atom. The van der Waals surface area contributed by atoms with Crippen LogP contribution in [0.3, 0.4) is 0 Å². The molecule has 0 fully saturated rings. The highest BCUT2D eigenvalue weighted by Crippen LogP contribution is 2.13. The number of nitrogens with one attached hydrogen (secondary N) is 1. The number of carbonyl (C=O) groups is 3. The van der Waals surface area contributed by atoms with Crippen molar-refractivity contribution in [3.8, 4) is 0 Å². The molecule has 0 saturated heterocycles. The summed E-state index contributed by atoms with van der Waals surface area (Å²) in [5, 5.41) is 20.5. The highest BCUT2D eigenvalue weighted by molar-refractivity contribution is 5.96. The Labute approximate surface area is 126 Å². The molecule has 2 aromatic carbocycles. The van der Waals surface area contributed by atoms with Gasteiger partial charge >= 0.3 is 11.9 Å². The van der Waals surface area contributed by atoms with Crippen molar-refractivity contribution in [2.24, 2.45) is 0 Å².